The van der Waals surface area contributed by atoms with E-state index in [0.29, 0.717) is 12.5 Å². The van der Waals surface area contributed by atoms with Crippen LogP contribution in [-0.2, 0) is 14.3 Å². The van der Waals surface area contributed by atoms with Crippen molar-refractivity contribution in [2.24, 2.45) is 17.8 Å². The number of hydrogen-bond donors (Lipinski definition) is 0. The molecule has 0 bridgehead atoms. The number of carbonyl (C=O) groups excluding carboxylic acids is 1. The predicted octanol–water partition coefficient (Wildman–Crippen LogP) is 4.06. The van der Waals surface area contributed by atoms with Gasteiger partial charge in [-0.2, -0.15) is 0 Å². The standard InChI is InChI=1S/C19H28O3/c1-21-14-18(19(20)22-2)17-12-10-16(11-13-17)9-8-15-6-4-3-5-7-15/h4,6-7,10,12,16-18H,3,5,8-9,11,13-14H2,1-2H3. The maximum absolute atomic E-state index is 11.9. The normalized spacial score (nSPS) is 25.6. The second kappa shape index (κ2) is 8.94. The smallest absolute Gasteiger partial charge is 0.311 e. The second-order valence-corrected chi connectivity index (χ2v) is 6.27. The summed E-state index contributed by atoms with van der Waals surface area (Å²) in [5.41, 5.74) is 1.48. The van der Waals surface area contributed by atoms with Gasteiger partial charge in [0.2, 0.25) is 0 Å². The lowest BCUT2D eigenvalue weighted by Crippen LogP contribution is -2.29. The van der Waals surface area contributed by atoms with Gasteiger partial charge < -0.3 is 9.47 Å². The highest BCUT2D eigenvalue weighted by molar-refractivity contribution is 5.73. The summed E-state index contributed by atoms with van der Waals surface area (Å²) in [6, 6.07) is 0. The number of hydrogen-bond acceptors (Lipinski definition) is 3. The van der Waals surface area contributed by atoms with E-state index in [1.165, 1.54) is 31.9 Å². The number of ether oxygens (including phenoxy) is 2. The summed E-state index contributed by atoms with van der Waals surface area (Å²) >= 11 is 0. The Kier molecular flexibility index (Phi) is 6.91. The highest BCUT2D eigenvalue weighted by Gasteiger charge is 2.29. The highest BCUT2D eigenvalue weighted by Crippen LogP contribution is 2.32. The van der Waals surface area contributed by atoms with Crippen LogP contribution in [0.2, 0.25) is 0 Å². The largest absolute Gasteiger partial charge is 0.469 e. The molecule has 0 aromatic rings. The van der Waals surface area contributed by atoms with E-state index in [9.17, 15) is 4.79 Å². The van der Waals surface area contributed by atoms with Crippen molar-refractivity contribution < 1.29 is 14.3 Å². The molecule has 0 N–H and O–H groups in total. The minimum atomic E-state index is -0.170. The van der Waals surface area contributed by atoms with Crippen molar-refractivity contribution in [3.63, 3.8) is 0 Å². The third-order valence-electron chi connectivity index (χ3n) is 4.74. The summed E-state index contributed by atoms with van der Waals surface area (Å²) in [6.45, 7) is 0.435. The molecular weight excluding hydrogens is 276 g/mol. The van der Waals surface area contributed by atoms with Crippen LogP contribution in [0.3, 0.4) is 0 Å². The molecule has 0 saturated heterocycles. The lowest BCUT2D eigenvalue weighted by Gasteiger charge is -2.27. The Balaban J connectivity index is 1.84. The van der Waals surface area contributed by atoms with Crippen LogP contribution >= 0.6 is 0 Å². The van der Waals surface area contributed by atoms with Crippen LogP contribution in [0.5, 0.6) is 0 Å². The molecule has 22 heavy (non-hydrogen) atoms. The van der Waals surface area contributed by atoms with Crippen molar-refractivity contribution in [3.05, 3.63) is 36.0 Å². The van der Waals surface area contributed by atoms with Gasteiger partial charge in [-0.3, -0.25) is 4.79 Å². The van der Waals surface area contributed by atoms with E-state index in [4.69, 9.17) is 9.47 Å². The summed E-state index contributed by atoms with van der Waals surface area (Å²) in [5.74, 6) is 0.550. The first-order valence-electron chi connectivity index (χ1n) is 8.35. The third kappa shape index (κ3) is 4.84. The summed E-state index contributed by atoms with van der Waals surface area (Å²) in [4.78, 5) is 11.9. The minimum absolute atomic E-state index is 0.160. The summed E-state index contributed by atoms with van der Waals surface area (Å²) in [5, 5.41) is 0. The van der Waals surface area contributed by atoms with Gasteiger partial charge >= 0.3 is 5.97 Å². The van der Waals surface area contributed by atoms with E-state index in [2.05, 4.69) is 30.4 Å². The molecule has 2 aliphatic rings. The van der Waals surface area contributed by atoms with E-state index in [0.717, 1.165) is 19.3 Å². The fraction of sp³-hybridized carbons (Fsp3) is 0.632. The molecule has 0 amide bonds. The summed E-state index contributed by atoms with van der Waals surface area (Å²) in [6.07, 6.45) is 18.3. The predicted molar refractivity (Wildman–Crippen MR) is 88.4 cm³/mol. The van der Waals surface area contributed by atoms with Gasteiger partial charge in [-0.15, -0.1) is 0 Å². The topological polar surface area (TPSA) is 35.5 Å². The molecular formula is C19H28O3. The number of rotatable bonds is 7. The van der Waals surface area contributed by atoms with Crippen molar-refractivity contribution in [2.75, 3.05) is 20.8 Å². The molecule has 0 aromatic heterocycles. The van der Waals surface area contributed by atoms with Gasteiger partial charge in [0.15, 0.2) is 0 Å². The van der Waals surface area contributed by atoms with Crippen LogP contribution in [0.1, 0.15) is 38.5 Å². The van der Waals surface area contributed by atoms with Crippen LogP contribution in [-0.4, -0.2) is 26.8 Å². The molecule has 0 heterocycles. The van der Waals surface area contributed by atoms with Gasteiger partial charge in [0.1, 0.15) is 0 Å². The number of carbonyl (C=O) groups is 1. The lowest BCUT2D eigenvalue weighted by molar-refractivity contribution is -0.149. The van der Waals surface area contributed by atoms with Gasteiger partial charge in [0.25, 0.3) is 0 Å². The molecule has 2 aliphatic carbocycles. The van der Waals surface area contributed by atoms with Gasteiger partial charge in [-0.25, -0.2) is 0 Å². The molecule has 3 atom stereocenters. The Morgan fingerprint density at radius 3 is 2.73 bits per heavy atom. The van der Waals surface area contributed by atoms with Crippen molar-refractivity contribution in [1.29, 1.82) is 0 Å². The molecule has 0 spiro atoms. The Hall–Kier alpha value is -1.35. The maximum atomic E-state index is 11.9. The zero-order valence-corrected chi connectivity index (χ0v) is 13.8. The molecule has 0 fully saturated rings. The zero-order chi connectivity index (χ0) is 15.8. The van der Waals surface area contributed by atoms with Crippen molar-refractivity contribution in [1.82, 2.24) is 0 Å². The molecule has 3 unspecified atom stereocenters. The second-order valence-electron chi connectivity index (χ2n) is 6.27. The molecule has 0 aliphatic heterocycles. The molecule has 3 heteroatoms. The third-order valence-corrected chi connectivity index (χ3v) is 4.74. The first-order valence-corrected chi connectivity index (χ1v) is 8.35. The molecule has 3 nitrogen and oxygen atoms in total. The average Bonchev–Trinajstić information content (AvgIpc) is 2.59. The quantitative estimate of drug-likeness (QED) is 0.525. The molecule has 122 valence electrons. The van der Waals surface area contributed by atoms with Crippen LogP contribution in [0.25, 0.3) is 0 Å². The van der Waals surface area contributed by atoms with Gasteiger partial charge in [-0.1, -0.05) is 36.0 Å². The highest BCUT2D eigenvalue weighted by atomic mass is 16.5. The Morgan fingerprint density at radius 1 is 1.27 bits per heavy atom. The van der Waals surface area contributed by atoms with E-state index in [-0.39, 0.29) is 17.8 Å². The summed E-state index contributed by atoms with van der Waals surface area (Å²) in [7, 11) is 3.09. The Bertz CT molecular complexity index is 448. The molecule has 0 radical (unpaired) electrons. The van der Waals surface area contributed by atoms with Crippen LogP contribution < -0.4 is 0 Å². The first-order chi connectivity index (χ1) is 10.7. The monoisotopic (exact) mass is 304 g/mol. The SMILES string of the molecule is COCC(C(=O)OC)C1C=CC(CCC2=CCCC=C2)CC1. The van der Waals surface area contributed by atoms with Crippen LogP contribution in [0.4, 0.5) is 0 Å². The number of allylic oxidation sites excluding steroid dienone is 6. The Labute approximate surface area is 134 Å². The number of esters is 1. The minimum Gasteiger partial charge on any atom is -0.469 e. The van der Waals surface area contributed by atoms with E-state index >= 15 is 0 Å². The zero-order valence-electron chi connectivity index (χ0n) is 13.8. The number of methoxy groups -OCH3 is 2. The van der Waals surface area contributed by atoms with E-state index in [1.807, 2.05) is 0 Å². The average molecular weight is 304 g/mol. The summed E-state index contributed by atoms with van der Waals surface area (Å²) < 4.78 is 10.1. The first kappa shape index (κ1) is 17.0. The van der Waals surface area contributed by atoms with Crippen molar-refractivity contribution >= 4 is 5.97 Å². The van der Waals surface area contributed by atoms with Crippen LogP contribution in [0, 0.1) is 17.8 Å². The Morgan fingerprint density at radius 2 is 2.14 bits per heavy atom. The van der Waals surface area contributed by atoms with E-state index in [1.54, 1.807) is 7.11 Å². The van der Waals surface area contributed by atoms with Gasteiger partial charge in [0, 0.05) is 7.11 Å². The van der Waals surface area contributed by atoms with Crippen molar-refractivity contribution in [2.45, 2.75) is 38.5 Å². The maximum Gasteiger partial charge on any atom is 0.311 e. The fourth-order valence-corrected chi connectivity index (χ4v) is 3.38. The van der Waals surface area contributed by atoms with E-state index < -0.39 is 0 Å². The van der Waals surface area contributed by atoms with Gasteiger partial charge in [-0.05, 0) is 50.4 Å². The van der Waals surface area contributed by atoms with Crippen molar-refractivity contribution in [3.8, 4) is 0 Å². The fourth-order valence-electron chi connectivity index (χ4n) is 3.38. The van der Waals surface area contributed by atoms with Gasteiger partial charge in [0.05, 0.1) is 19.6 Å². The van der Waals surface area contributed by atoms with Crippen LogP contribution in [0.15, 0.2) is 36.0 Å². The molecule has 0 aromatic carbocycles. The molecule has 0 saturated carbocycles. The lowest BCUT2D eigenvalue weighted by atomic mass is 9.79. The molecule has 2 rings (SSSR count).